The van der Waals surface area contributed by atoms with Crippen molar-refractivity contribution in [1.82, 2.24) is 4.72 Å². The Morgan fingerprint density at radius 2 is 1.40 bits per heavy atom. The first-order chi connectivity index (χ1) is 20.5. The van der Waals surface area contributed by atoms with Crippen LogP contribution in [0, 0.1) is 20.2 Å². The number of amides is 2. The Labute approximate surface area is 249 Å². The van der Waals surface area contributed by atoms with Gasteiger partial charge < -0.3 is 10.6 Å². The summed E-state index contributed by atoms with van der Waals surface area (Å²) in [6.45, 7) is 0.382. The second-order valence-corrected chi connectivity index (χ2v) is 11.6. The number of carbonyl (C=O) groups excluding carboxylic acids is 2. The van der Waals surface area contributed by atoms with Gasteiger partial charge in [-0.15, -0.1) is 11.8 Å². The Hall–Kier alpha value is -5.28. The lowest BCUT2D eigenvalue weighted by molar-refractivity contribution is -0.384. The minimum atomic E-state index is -4.47. The molecule has 2 amide bonds. The summed E-state index contributed by atoms with van der Waals surface area (Å²) < 4.78 is 27.6. The zero-order valence-electron chi connectivity index (χ0n) is 22.1. The maximum atomic E-state index is 12.9. The van der Waals surface area contributed by atoms with Gasteiger partial charge in [-0.25, -0.2) is 13.1 Å². The summed E-state index contributed by atoms with van der Waals surface area (Å²) in [5, 5.41) is 27.9. The third-order valence-electron chi connectivity index (χ3n) is 5.88. The van der Waals surface area contributed by atoms with Crippen LogP contribution in [0.5, 0.6) is 0 Å². The second kappa shape index (κ2) is 13.6. The molecule has 43 heavy (non-hydrogen) atoms. The zero-order chi connectivity index (χ0) is 31.0. The number of non-ortho nitro benzene ring substituents is 1. The summed E-state index contributed by atoms with van der Waals surface area (Å²) in [6.07, 6.45) is 0. The molecule has 0 bridgehead atoms. The van der Waals surface area contributed by atoms with Crippen molar-refractivity contribution in [3.63, 3.8) is 0 Å². The van der Waals surface area contributed by atoms with Crippen LogP contribution in [0.25, 0.3) is 0 Å². The number of hydrogen-bond donors (Lipinski definition) is 3. The van der Waals surface area contributed by atoms with Gasteiger partial charge in [0.1, 0.15) is 5.69 Å². The molecule has 0 radical (unpaired) electrons. The number of benzene rings is 4. The van der Waals surface area contributed by atoms with Crippen molar-refractivity contribution < 1.29 is 27.9 Å². The van der Waals surface area contributed by atoms with E-state index in [4.69, 9.17) is 0 Å². The molecule has 0 unspecified atom stereocenters. The molecular formula is C28H23N5O8S2. The molecule has 3 N–H and O–H groups in total. The van der Waals surface area contributed by atoms with E-state index in [9.17, 15) is 38.2 Å². The molecule has 15 heteroatoms. The van der Waals surface area contributed by atoms with E-state index in [-0.39, 0.29) is 28.2 Å². The molecule has 0 aliphatic heterocycles. The van der Waals surface area contributed by atoms with Gasteiger partial charge in [0.25, 0.3) is 33.2 Å². The van der Waals surface area contributed by atoms with Crippen LogP contribution in [-0.4, -0.2) is 42.4 Å². The number of nitrogens with one attached hydrogen (secondary N) is 3. The highest BCUT2D eigenvalue weighted by atomic mass is 32.2. The fourth-order valence-electron chi connectivity index (χ4n) is 3.73. The fourth-order valence-corrected chi connectivity index (χ4v) is 5.52. The van der Waals surface area contributed by atoms with Crippen LogP contribution in [0.2, 0.25) is 0 Å². The van der Waals surface area contributed by atoms with E-state index in [0.29, 0.717) is 12.3 Å². The van der Waals surface area contributed by atoms with Gasteiger partial charge in [0, 0.05) is 52.2 Å². The Kier molecular flexibility index (Phi) is 9.69. The van der Waals surface area contributed by atoms with Crippen LogP contribution in [0.3, 0.4) is 0 Å². The molecule has 4 aromatic carbocycles. The van der Waals surface area contributed by atoms with Crippen LogP contribution in [0.1, 0.15) is 20.7 Å². The zero-order valence-corrected chi connectivity index (χ0v) is 23.8. The number of nitro benzene ring substituents is 2. The van der Waals surface area contributed by atoms with Crippen molar-refractivity contribution >= 4 is 56.3 Å². The molecule has 13 nitrogen and oxygen atoms in total. The van der Waals surface area contributed by atoms with Gasteiger partial charge in [0.15, 0.2) is 0 Å². The van der Waals surface area contributed by atoms with Gasteiger partial charge in [-0.3, -0.25) is 29.8 Å². The summed E-state index contributed by atoms with van der Waals surface area (Å²) >= 11 is 1.55. The van der Waals surface area contributed by atoms with Gasteiger partial charge in [0.05, 0.1) is 14.7 Å². The minimum absolute atomic E-state index is 0.0550. The van der Waals surface area contributed by atoms with E-state index in [2.05, 4.69) is 10.6 Å². The number of carbonyl (C=O) groups is 2. The third-order valence-corrected chi connectivity index (χ3v) is 8.22. The molecule has 0 aliphatic rings. The molecule has 4 rings (SSSR count). The normalized spacial score (nSPS) is 10.9. The number of rotatable bonds is 12. The van der Waals surface area contributed by atoms with Gasteiger partial charge in [-0.05, 0) is 60.7 Å². The van der Waals surface area contributed by atoms with E-state index in [1.807, 2.05) is 35.1 Å². The van der Waals surface area contributed by atoms with Gasteiger partial charge in [-0.2, -0.15) is 0 Å². The van der Waals surface area contributed by atoms with Gasteiger partial charge in [0.2, 0.25) is 0 Å². The lowest BCUT2D eigenvalue weighted by Gasteiger charge is -2.11. The van der Waals surface area contributed by atoms with Crippen LogP contribution >= 0.6 is 11.8 Å². The molecular weight excluding hydrogens is 598 g/mol. The summed E-state index contributed by atoms with van der Waals surface area (Å²) in [5.74, 6) is -0.934. The molecule has 0 saturated carbocycles. The quantitative estimate of drug-likeness (QED) is 0.0832. The highest BCUT2D eigenvalue weighted by molar-refractivity contribution is 7.99. The monoisotopic (exact) mass is 621 g/mol. The number of nitro groups is 2. The van der Waals surface area contributed by atoms with Crippen LogP contribution < -0.4 is 15.4 Å². The van der Waals surface area contributed by atoms with E-state index >= 15 is 0 Å². The summed E-state index contributed by atoms with van der Waals surface area (Å²) in [6, 6.07) is 23.1. The SMILES string of the molecule is O=C(Nc1ccc(C(=O)NS(=O)(=O)c2ccc(NCCSc3ccccc3)c([N+](=O)[O-])c2)cc1)c1ccc([N+](=O)[O-])cc1. The van der Waals surface area contributed by atoms with Crippen LogP contribution in [0.4, 0.5) is 22.7 Å². The summed E-state index contributed by atoms with van der Waals surface area (Å²) in [5.41, 5.74) is -0.106. The lowest BCUT2D eigenvalue weighted by atomic mass is 10.1. The number of thioether (sulfide) groups is 1. The first kappa shape index (κ1) is 30.7. The Morgan fingerprint density at radius 1 is 0.767 bits per heavy atom. The van der Waals surface area contributed by atoms with E-state index < -0.39 is 42.3 Å². The van der Waals surface area contributed by atoms with Gasteiger partial charge in [-0.1, -0.05) is 18.2 Å². The van der Waals surface area contributed by atoms with Crippen molar-refractivity contribution in [2.75, 3.05) is 22.9 Å². The molecule has 0 fully saturated rings. The molecule has 0 saturated heterocycles. The second-order valence-electron chi connectivity index (χ2n) is 8.79. The third kappa shape index (κ3) is 8.15. The largest absolute Gasteiger partial charge is 0.379 e. The first-order valence-corrected chi connectivity index (χ1v) is 14.9. The summed E-state index contributed by atoms with van der Waals surface area (Å²) in [4.78, 5) is 46.8. The predicted octanol–water partition coefficient (Wildman–Crippen LogP) is 5.08. The molecule has 0 atom stereocenters. The van der Waals surface area contributed by atoms with Crippen molar-refractivity contribution in [2.24, 2.45) is 0 Å². The lowest BCUT2D eigenvalue weighted by Crippen LogP contribution is -2.30. The topological polar surface area (TPSA) is 191 Å². The number of anilines is 2. The molecule has 4 aromatic rings. The highest BCUT2D eigenvalue weighted by Gasteiger charge is 2.24. The molecule has 220 valence electrons. The maximum Gasteiger partial charge on any atom is 0.293 e. The van der Waals surface area contributed by atoms with Crippen molar-refractivity contribution in [3.8, 4) is 0 Å². The van der Waals surface area contributed by atoms with Crippen LogP contribution in [-0.2, 0) is 10.0 Å². The van der Waals surface area contributed by atoms with Crippen LogP contribution in [0.15, 0.2) is 107 Å². The Balaban J connectivity index is 1.37. The molecule has 0 aromatic heterocycles. The number of hydrogen-bond acceptors (Lipinski definition) is 10. The van der Waals surface area contributed by atoms with E-state index in [0.717, 1.165) is 17.0 Å². The Morgan fingerprint density at radius 3 is 2.02 bits per heavy atom. The van der Waals surface area contributed by atoms with Gasteiger partial charge >= 0.3 is 0 Å². The molecule has 0 aliphatic carbocycles. The van der Waals surface area contributed by atoms with Crippen molar-refractivity contribution in [1.29, 1.82) is 0 Å². The molecule has 0 spiro atoms. The molecule has 0 heterocycles. The average Bonchev–Trinajstić information content (AvgIpc) is 3.00. The van der Waals surface area contributed by atoms with E-state index in [1.54, 1.807) is 11.8 Å². The maximum absolute atomic E-state index is 12.9. The average molecular weight is 622 g/mol. The van der Waals surface area contributed by atoms with Crippen molar-refractivity contribution in [2.45, 2.75) is 9.79 Å². The van der Waals surface area contributed by atoms with E-state index in [1.165, 1.54) is 54.6 Å². The fraction of sp³-hybridized carbons (Fsp3) is 0.0714. The first-order valence-electron chi connectivity index (χ1n) is 12.5. The predicted molar refractivity (Wildman–Crippen MR) is 161 cm³/mol. The number of nitrogens with zero attached hydrogens (tertiary/aromatic N) is 2. The smallest absolute Gasteiger partial charge is 0.293 e. The minimum Gasteiger partial charge on any atom is -0.379 e. The highest BCUT2D eigenvalue weighted by Crippen LogP contribution is 2.28. The standard InChI is InChI=1S/C28H23N5O8S2/c34-27(19-8-12-22(13-9-19)32(36)37)30-21-10-6-20(7-11-21)28(35)31-43(40,41)24-14-15-25(26(18-24)33(38)39)29-16-17-42-23-4-2-1-3-5-23/h1-15,18,29H,16-17H2,(H,30,34)(H,31,35). The Bertz CT molecular complexity index is 1770. The van der Waals surface area contributed by atoms with Crippen molar-refractivity contribution in [3.05, 3.63) is 128 Å². The number of sulfonamides is 1. The summed E-state index contributed by atoms with van der Waals surface area (Å²) in [7, 11) is -4.47.